The largest absolute Gasteiger partial charge is 0.355 e. The van der Waals surface area contributed by atoms with Gasteiger partial charge in [-0.25, -0.2) is 4.98 Å². The molecule has 1 unspecified atom stereocenters. The maximum absolute atomic E-state index is 4.33. The van der Waals surface area contributed by atoms with E-state index in [0.29, 0.717) is 0 Å². The Hall–Kier alpha value is -0.750. The number of nitrogens with zero attached hydrogens (tertiary/aromatic N) is 2. The van der Waals surface area contributed by atoms with E-state index in [9.17, 15) is 0 Å². The Bertz CT molecular complexity index is 397. The third-order valence-electron chi connectivity index (χ3n) is 2.82. The first-order valence-corrected chi connectivity index (χ1v) is 8.12. The van der Waals surface area contributed by atoms with E-state index in [1.165, 1.54) is 23.5 Å². The average molecular weight is 284 g/mol. The van der Waals surface area contributed by atoms with E-state index in [0.717, 1.165) is 29.3 Å². The van der Waals surface area contributed by atoms with Crippen LogP contribution in [-0.2, 0) is 6.54 Å². The van der Waals surface area contributed by atoms with Crippen molar-refractivity contribution in [3.8, 4) is 0 Å². The molecule has 0 radical (unpaired) electrons. The van der Waals surface area contributed by atoms with Gasteiger partial charge in [-0.15, -0.1) is 11.3 Å². The second-order valence-corrected chi connectivity index (χ2v) is 7.03. The molecule has 2 N–H and O–H groups in total. The van der Waals surface area contributed by atoms with E-state index in [1.54, 1.807) is 11.3 Å². The summed E-state index contributed by atoms with van der Waals surface area (Å²) < 4.78 is 0. The highest BCUT2D eigenvalue weighted by atomic mass is 32.2. The summed E-state index contributed by atoms with van der Waals surface area (Å²) in [6, 6.07) is 0. The van der Waals surface area contributed by atoms with Crippen molar-refractivity contribution in [2.24, 2.45) is 4.99 Å². The first-order chi connectivity index (χ1) is 8.78. The molecular formula is C12H20N4S2. The van der Waals surface area contributed by atoms with Crippen LogP contribution in [0, 0.1) is 6.92 Å². The fourth-order valence-electron chi connectivity index (χ4n) is 1.88. The lowest BCUT2D eigenvalue weighted by Gasteiger charge is -2.14. The fraction of sp³-hybridized carbons (Fsp3) is 0.667. The number of guanidine groups is 1. The van der Waals surface area contributed by atoms with Gasteiger partial charge in [0.05, 0.1) is 6.54 Å². The summed E-state index contributed by atoms with van der Waals surface area (Å²) in [5, 5.41) is 8.53. The Balaban J connectivity index is 1.72. The average Bonchev–Trinajstić information content (AvgIpc) is 3.01. The summed E-state index contributed by atoms with van der Waals surface area (Å²) in [6.07, 6.45) is 4.58. The highest BCUT2D eigenvalue weighted by molar-refractivity contribution is 8.00. The molecule has 0 amide bonds. The van der Waals surface area contributed by atoms with Crippen LogP contribution in [0.25, 0.3) is 0 Å². The van der Waals surface area contributed by atoms with Gasteiger partial charge >= 0.3 is 0 Å². The molecule has 1 fully saturated rings. The molecule has 18 heavy (non-hydrogen) atoms. The molecule has 1 aromatic rings. The van der Waals surface area contributed by atoms with Crippen molar-refractivity contribution in [1.29, 1.82) is 0 Å². The molecule has 0 aliphatic carbocycles. The summed E-state index contributed by atoms with van der Waals surface area (Å²) in [5.74, 6) is 2.17. The van der Waals surface area contributed by atoms with Crippen LogP contribution >= 0.6 is 23.1 Å². The number of hydrogen-bond acceptors (Lipinski definition) is 4. The molecule has 6 heteroatoms. The van der Waals surface area contributed by atoms with Crippen molar-refractivity contribution in [2.45, 2.75) is 31.6 Å². The van der Waals surface area contributed by atoms with Gasteiger partial charge in [0.15, 0.2) is 5.96 Å². The Kier molecular flexibility index (Phi) is 5.31. The van der Waals surface area contributed by atoms with Gasteiger partial charge in [-0.05, 0) is 25.5 Å². The number of thiazole rings is 1. The van der Waals surface area contributed by atoms with Gasteiger partial charge in [-0.2, -0.15) is 11.8 Å². The topological polar surface area (TPSA) is 49.3 Å². The monoisotopic (exact) mass is 284 g/mol. The van der Waals surface area contributed by atoms with Crippen LogP contribution in [0.2, 0.25) is 0 Å². The van der Waals surface area contributed by atoms with Crippen LogP contribution in [0.1, 0.15) is 22.7 Å². The highest BCUT2D eigenvalue weighted by Crippen LogP contribution is 2.25. The van der Waals surface area contributed by atoms with Gasteiger partial charge in [-0.3, -0.25) is 4.99 Å². The number of rotatable bonds is 4. The normalized spacial score (nSPS) is 20.1. The van der Waals surface area contributed by atoms with Crippen molar-refractivity contribution >= 4 is 29.1 Å². The predicted molar refractivity (Wildman–Crippen MR) is 80.5 cm³/mol. The molecule has 1 aliphatic rings. The summed E-state index contributed by atoms with van der Waals surface area (Å²) in [5.41, 5.74) is 0. The number of aromatic nitrogens is 1. The zero-order valence-corrected chi connectivity index (χ0v) is 12.5. The lowest BCUT2D eigenvalue weighted by atomic mass is 10.2. The zero-order valence-electron chi connectivity index (χ0n) is 10.9. The number of aryl methyl sites for hydroxylation is 1. The van der Waals surface area contributed by atoms with Crippen LogP contribution in [-0.4, -0.2) is 35.5 Å². The molecule has 100 valence electrons. The van der Waals surface area contributed by atoms with Gasteiger partial charge < -0.3 is 10.6 Å². The maximum atomic E-state index is 4.33. The van der Waals surface area contributed by atoms with E-state index >= 15 is 0 Å². The molecule has 0 aromatic carbocycles. The molecule has 2 heterocycles. The van der Waals surface area contributed by atoms with Crippen LogP contribution in [0.5, 0.6) is 0 Å². The second kappa shape index (κ2) is 6.99. The van der Waals surface area contributed by atoms with Gasteiger partial charge in [-0.1, -0.05) is 0 Å². The van der Waals surface area contributed by atoms with Crippen LogP contribution in [0.4, 0.5) is 0 Å². The minimum Gasteiger partial charge on any atom is -0.355 e. The lowest BCUT2D eigenvalue weighted by Crippen LogP contribution is -2.39. The summed E-state index contributed by atoms with van der Waals surface area (Å²) in [4.78, 5) is 9.81. The maximum Gasteiger partial charge on any atom is 0.191 e. The Morgan fingerprint density at radius 1 is 1.56 bits per heavy atom. The molecule has 2 rings (SSSR count). The molecule has 4 nitrogen and oxygen atoms in total. The third-order valence-corrected chi connectivity index (χ3v) is 5.13. The molecule has 0 spiro atoms. The molecule has 1 aliphatic heterocycles. The van der Waals surface area contributed by atoms with E-state index in [1.807, 2.05) is 13.2 Å². The van der Waals surface area contributed by atoms with Gasteiger partial charge in [0, 0.05) is 29.9 Å². The smallest absolute Gasteiger partial charge is 0.191 e. The minimum absolute atomic E-state index is 0.741. The molecular weight excluding hydrogens is 264 g/mol. The molecule has 1 aromatic heterocycles. The Morgan fingerprint density at radius 2 is 2.44 bits per heavy atom. The SMILES string of the molecule is CN=C(NCc1ncc(C)s1)NCC1CCCS1. The van der Waals surface area contributed by atoms with E-state index in [4.69, 9.17) is 0 Å². The van der Waals surface area contributed by atoms with Crippen LogP contribution in [0.3, 0.4) is 0 Å². The molecule has 1 saturated heterocycles. The first kappa shape index (κ1) is 13.7. The number of thioether (sulfide) groups is 1. The van der Waals surface area contributed by atoms with E-state index < -0.39 is 0 Å². The van der Waals surface area contributed by atoms with Gasteiger partial charge in [0.2, 0.25) is 0 Å². The molecule has 1 atom stereocenters. The number of hydrogen-bond donors (Lipinski definition) is 2. The first-order valence-electron chi connectivity index (χ1n) is 6.25. The minimum atomic E-state index is 0.741. The van der Waals surface area contributed by atoms with Crippen LogP contribution in [0.15, 0.2) is 11.2 Å². The number of aliphatic imine (C=N–C) groups is 1. The highest BCUT2D eigenvalue weighted by Gasteiger charge is 2.15. The van der Waals surface area contributed by atoms with E-state index in [2.05, 4.69) is 39.3 Å². The summed E-state index contributed by atoms with van der Waals surface area (Å²) in [6.45, 7) is 3.82. The standard InChI is InChI=1S/C12H20N4S2/c1-9-6-14-11(18-9)8-16-12(13-2)15-7-10-4-3-5-17-10/h6,10H,3-5,7-8H2,1-2H3,(H2,13,15,16). The van der Waals surface area contributed by atoms with Crippen LogP contribution < -0.4 is 10.6 Å². The van der Waals surface area contributed by atoms with Crippen molar-refractivity contribution in [3.05, 3.63) is 16.1 Å². The van der Waals surface area contributed by atoms with Gasteiger partial charge in [0.1, 0.15) is 5.01 Å². The number of nitrogens with one attached hydrogen (secondary N) is 2. The van der Waals surface area contributed by atoms with Crippen molar-refractivity contribution in [3.63, 3.8) is 0 Å². The van der Waals surface area contributed by atoms with Gasteiger partial charge in [0.25, 0.3) is 0 Å². The summed E-state index contributed by atoms with van der Waals surface area (Å²) in [7, 11) is 1.81. The summed E-state index contributed by atoms with van der Waals surface area (Å²) >= 11 is 3.78. The van der Waals surface area contributed by atoms with Crippen molar-refractivity contribution in [1.82, 2.24) is 15.6 Å². The second-order valence-electron chi connectivity index (χ2n) is 4.31. The quantitative estimate of drug-likeness (QED) is 0.656. The predicted octanol–water partition coefficient (Wildman–Crippen LogP) is 2.01. The lowest BCUT2D eigenvalue weighted by molar-refractivity contribution is 0.725. The van der Waals surface area contributed by atoms with E-state index in [-0.39, 0.29) is 0 Å². The van der Waals surface area contributed by atoms with Crippen molar-refractivity contribution in [2.75, 3.05) is 19.3 Å². The Morgan fingerprint density at radius 3 is 3.06 bits per heavy atom. The molecule has 0 bridgehead atoms. The Labute approximate surface area is 117 Å². The molecule has 0 saturated carbocycles. The third kappa shape index (κ3) is 4.17. The fourth-order valence-corrected chi connectivity index (χ4v) is 3.81. The zero-order chi connectivity index (χ0) is 12.8. The van der Waals surface area contributed by atoms with Crippen molar-refractivity contribution < 1.29 is 0 Å².